The summed E-state index contributed by atoms with van der Waals surface area (Å²) < 4.78 is 22.2. The van der Waals surface area contributed by atoms with Crippen molar-refractivity contribution in [2.45, 2.75) is 0 Å². The number of phosphoric acid groups is 2. The van der Waals surface area contributed by atoms with Gasteiger partial charge in [0.05, 0.1) is 0 Å². The number of hydrogen-bond acceptors (Lipinski definition) is 3. The number of rotatable bonds is 2. The summed E-state index contributed by atoms with van der Waals surface area (Å²) in [6, 6.07) is 0. The van der Waals surface area contributed by atoms with Crippen molar-refractivity contribution in [1.29, 1.82) is 0 Å². The molecule has 0 aliphatic rings. The molecule has 2 radical (unpaired) electrons. The fraction of sp³-hybridized carbons (Fsp3) is 0. The van der Waals surface area contributed by atoms with Crippen LogP contribution in [0.25, 0.3) is 0 Å². The van der Waals surface area contributed by atoms with Crippen molar-refractivity contribution in [2.75, 3.05) is 0 Å². The van der Waals surface area contributed by atoms with E-state index in [1.807, 2.05) is 0 Å². The van der Waals surface area contributed by atoms with Gasteiger partial charge in [-0.15, -0.1) is 0 Å². The topological polar surface area (TPSA) is 124 Å². The zero-order chi connectivity index (χ0) is 7.71. The first-order valence-electron chi connectivity index (χ1n) is 1.53. The van der Waals surface area contributed by atoms with E-state index < -0.39 is 15.6 Å². The molecule has 0 rings (SSSR count). The van der Waals surface area contributed by atoms with Crippen LogP contribution in [0.15, 0.2) is 0 Å². The zero-order valence-electron chi connectivity index (χ0n) is 4.62. The van der Waals surface area contributed by atoms with Crippen molar-refractivity contribution in [2.24, 2.45) is 0 Å². The Morgan fingerprint density at radius 2 is 1.10 bits per heavy atom. The molecule has 4 N–H and O–H groups in total. The maximum absolute atomic E-state index is 9.63. The van der Waals surface area contributed by atoms with E-state index in [2.05, 4.69) is 4.31 Å². The Morgan fingerprint density at radius 1 is 0.900 bits per heavy atom. The molecule has 7 nitrogen and oxygen atoms in total. The van der Waals surface area contributed by atoms with Gasteiger partial charge in [0.2, 0.25) is 0 Å². The van der Waals surface area contributed by atoms with Crippen LogP contribution in [0, 0.1) is 0 Å². The van der Waals surface area contributed by atoms with E-state index in [0.29, 0.717) is 0 Å². The molecule has 0 fully saturated rings. The minimum absolute atomic E-state index is 0. The van der Waals surface area contributed by atoms with E-state index in [9.17, 15) is 9.13 Å². The van der Waals surface area contributed by atoms with Crippen LogP contribution in [0.5, 0.6) is 0 Å². The molecule has 0 aromatic rings. The minimum Gasteiger partial charge on any atom is -0.302 e. The van der Waals surface area contributed by atoms with Gasteiger partial charge in [-0.05, 0) is 0 Å². The van der Waals surface area contributed by atoms with E-state index in [4.69, 9.17) is 19.6 Å². The summed E-state index contributed by atoms with van der Waals surface area (Å²) in [6.45, 7) is 0. The van der Waals surface area contributed by atoms with Gasteiger partial charge in [0.15, 0.2) is 0 Å². The van der Waals surface area contributed by atoms with Crippen molar-refractivity contribution >= 4 is 53.4 Å². The smallest absolute Gasteiger partial charge is 0.302 e. The van der Waals surface area contributed by atoms with Gasteiger partial charge in [0.1, 0.15) is 0 Å². The molecule has 58 valence electrons. The average molecular weight is 218 g/mol. The second-order valence-corrected chi connectivity index (χ2v) is 3.68. The van der Waals surface area contributed by atoms with Gasteiger partial charge in [-0.1, -0.05) is 0 Å². The van der Waals surface area contributed by atoms with Gasteiger partial charge >= 0.3 is 15.6 Å². The molecule has 0 unspecified atom stereocenters. The molecule has 0 aliphatic carbocycles. The fourth-order valence-corrected chi connectivity index (χ4v) is 1.25. The molecule has 0 aliphatic heterocycles. The maximum atomic E-state index is 9.63. The van der Waals surface area contributed by atoms with E-state index in [-0.39, 0.29) is 37.7 Å². The summed E-state index contributed by atoms with van der Waals surface area (Å²) in [4.78, 5) is 31.0. The second kappa shape index (κ2) is 4.52. The molecular weight excluding hydrogens is 214 g/mol. The Bertz CT molecular complexity index is 152. The monoisotopic (exact) mass is 218 g/mol. The molecule has 0 spiro atoms. The molecular formula is H4CaO7P2. The molecule has 10 heavy (non-hydrogen) atoms. The van der Waals surface area contributed by atoms with Gasteiger partial charge in [0, 0.05) is 37.7 Å². The second-order valence-electron chi connectivity index (χ2n) is 1.06. The number of hydrogen-bond donors (Lipinski definition) is 4. The fourth-order valence-electron chi connectivity index (χ4n) is 0.139. The van der Waals surface area contributed by atoms with Crippen molar-refractivity contribution in [3.63, 3.8) is 0 Å². The molecule has 0 amide bonds. The summed E-state index contributed by atoms with van der Waals surface area (Å²) in [7, 11) is -10.1. The van der Waals surface area contributed by atoms with E-state index in [0.717, 1.165) is 0 Å². The largest absolute Gasteiger partial charge is 0.478 e. The van der Waals surface area contributed by atoms with Crippen LogP contribution in [-0.4, -0.2) is 57.3 Å². The summed E-state index contributed by atoms with van der Waals surface area (Å²) in [5.41, 5.74) is 0. The van der Waals surface area contributed by atoms with Crippen molar-refractivity contribution in [3.05, 3.63) is 0 Å². The van der Waals surface area contributed by atoms with Crippen LogP contribution >= 0.6 is 15.6 Å². The first-order valence-corrected chi connectivity index (χ1v) is 4.59. The summed E-state index contributed by atoms with van der Waals surface area (Å²) >= 11 is 0. The van der Waals surface area contributed by atoms with Gasteiger partial charge < -0.3 is 19.6 Å². The van der Waals surface area contributed by atoms with Gasteiger partial charge in [0.25, 0.3) is 0 Å². The quantitative estimate of drug-likeness (QED) is 0.339. The molecule has 0 saturated heterocycles. The van der Waals surface area contributed by atoms with Gasteiger partial charge in [-0.2, -0.15) is 4.31 Å². The third-order valence-corrected chi connectivity index (χ3v) is 1.91. The molecule has 0 aromatic heterocycles. The third-order valence-electron chi connectivity index (χ3n) is 0.213. The first-order chi connectivity index (χ1) is 3.71. The standard InChI is InChI=1S/Ca.H4O7P2/c;1-8(2,3)7-9(4,5)6/h;(H2,1,2,3)(H2,4,5,6). The van der Waals surface area contributed by atoms with Crippen LogP contribution < -0.4 is 0 Å². The Hall–Kier alpha value is 1.52. The Labute approximate surface area is 85.9 Å². The first kappa shape index (κ1) is 14.1. The summed E-state index contributed by atoms with van der Waals surface area (Å²) in [5.74, 6) is 0. The van der Waals surface area contributed by atoms with Crippen molar-refractivity contribution < 1.29 is 33.0 Å². The van der Waals surface area contributed by atoms with E-state index >= 15 is 0 Å². The molecule has 0 bridgehead atoms. The molecule has 0 aromatic carbocycles. The normalized spacial score (nSPS) is 12.4. The zero-order valence-corrected chi connectivity index (χ0v) is 8.61. The summed E-state index contributed by atoms with van der Waals surface area (Å²) in [6.07, 6.45) is 0. The van der Waals surface area contributed by atoms with Crippen LogP contribution in [0.3, 0.4) is 0 Å². The van der Waals surface area contributed by atoms with Crippen LogP contribution in [0.4, 0.5) is 0 Å². The third kappa shape index (κ3) is 12.2. The SMILES string of the molecule is O=P(O)(O)OP(=O)(O)O.[Ca]. The predicted molar refractivity (Wildman–Crippen MR) is 30.9 cm³/mol. The van der Waals surface area contributed by atoms with Crippen LogP contribution in [-0.2, 0) is 13.4 Å². The maximum Gasteiger partial charge on any atom is 0.478 e. The molecule has 0 atom stereocenters. The van der Waals surface area contributed by atoms with Crippen LogP contribution in [0.1, 0.15) is 0 Å². The van der Waals surface area contributed by atoms with E-state index in [1.165, 1.54) is 0 Å². The minimum atomic E-state index is -5.05. The van der Waals surface area contributed by atoms with Crippen molar-refractivity contribution in [3.8, 4) is 0 Å². The Morgan fingerprint density at radius 3 is 1.10 bits per heavy atom. The molecule has 0 saturated carbocycles. The van der Waals surface area contributed by atoms with Crippen molar-refractivity contribution in [1.82, 2.24) is 0 Å². The van der Waals surface area contributed by atoms with Gasteiger partial charge in [-0.25, -0.2) is 9.13 Å². The average Bonchev–Trinajstić information content (AvgIpc) is 1.14. The molecule has 0 heterocycles. The Balaban J connectivity index is 0. The summed E-state index contributed by atoms with van der Waals surface area (Å²) in [5, 5.41) is 0. The molecule has 10 heteroatoms. The van der Waals surface area contributed by atoms with Gasteiger partial charge in [-0.3, -0.25) is 0 Å². The Kier molecular flexibility index (Phi) is 6.36. The van der Waals surface area contributed by atoms with Crippen LogP contribution in [0.2, 0.25) is 0 Å². The predicted octanol–water partition coefficient (Wildman–Crippen LogP) is -1.19. The van der Waals surface area contributed by atoms with E-state index in [1.54, 1.807) is 0 Å².